The molecule has 3 aromatic carbocycles. The summed E-state index contributed by atoms with van der Waals surface area (Å²) in [6.07, 6.45) is 1.95. The largest absolute Gasteiger partial charge is 0.335 e. The van der Waals surface area contributed by atoms with Gasteiger partial charge in [0.25, 0.3) is 17.5 Å². The number of aryl methyl sites for hydroxylation is 2. The van der Waals surface area contributed by atoms with E-state index >= 15 is 0 Å². The zero-order chi connectivity index (χ0) is 25.3. The van der Waals surface area contributed by atoms with Gasteiger partial charge in [-0.15, -0.1) is 0 Å². The number of nitrogens with one attached hydrogen (secondary N) is 1. The first-order valence-corrected chi connectivity index (χ1v) is 11.0. The Morgan fingerprint density at radius 3 is 2.37 bits per heavy atom. The van der Waals surface area contributed by atoms with Crippen LogP contribution in [0.5, 0.6) is 0 Å². The lowest BCUT2D eigenvalue weighted by atomic mass is 9.99. The molecule has 9 heteroatoms. The van der Waals surface area contributed by atoms with Crippen molar-refractivity contribution >= 4 is 46.9 Å². The van der Waals surface area contributed by atoms with Gasteiger partial charge < -0.3 is 0 Å². The van der Waals surface area contributed by atoms with Gasteiger partial charge in [-0.2, -0.15) is 0 Å². The minimum atomic E-state index is -0.987. The smallest absolute Gasteiger partial charge is 0.273 e. The molecule has 1 aliphatic heterocycles. The van der Waals surface area contributed by atoms with Gasteiger partial charge in [-0.1, -0.05) is 59.1 Å². The lowest BCUT2D eigenvalue weighted by Crippen LogP contribution is -2.54. The summed E-state index contributed by atoms with van der Waals surface area (Å²) >= 11 is 6.50. The van der Waals surface area contributed by atoms with Crippen LogP contribution in [0.3, 0.4) is 0 Å². The van der Waals surface area contributed by atoms with E-state index in [0.717, 1.165) is 28.3 Å². The molecule has 4 rings (SSSR count). The second kappa shape index (κ2) is 9.52. The number of nitro groups is 1. The van der Waals surface area contributed by atoms with E-state index < -0.39 is 22.8 Å². The van der Waals surface area contributed by atoms with Gasteiger partial charge in [-0.3, -0.25) is 25.0 Å². The number of amides is 4. The highest BCUT2D eigenvalue weighted by atomic mass is 35.5. The average Bonchev–Trinajstić information content (AvgIpc) is 2.78. The van der Waals surface area contributed by atoms with Crippen molar-refractivity contribution in [3.8, 4) is 0 Å². The highest BCUT2D eigenvalue weighted by molar-refractivity contribution is 6.39. The Balaban J connectivity index is 1.64. The normalized spacial score (nSPS) is 14.9. The Kier molecular flexibility index (Phi) is 6.48. The monoisotopic (exact) mass is 489 g/mol. The maximum absolute atomic E-state index is 13.1. The molecular weight excluding hydrogens is 470 g/mol. The van der Waals surface area contributed by atoms with Gasteiger partial charge in [-0.25, -0.2) is 9.69 Å². The quantitative estimate of drug-likeness (QED) is 0.231. The summed E-state index contributed by atoms with van der Waals surface area (Å²) in [7, 11) is 0. The highest BCUT2D eigenvalue weighted by Gasteiger charge is 2.37. The van der Waals surface area contributed by atoms with Gasteiger partial charge in [0, 0.05) is 17.2 Å². The van der Waals surface area contributed by atoms with Gasteiger partial charge in [0.15, 0.2) is 0 Å². The van der Waals surface area contributed by atoms with Gasteiger partial charge in [0.1, 0.15) is 5.57 Å². The van der Waals surface area contributed by atoms with E-state index in [1.807, 2.05) is 19.9 Å². The molecule has 0 spiro atoms. The van der Waals surface area contributed by atoms with E-state index in [1.165, 1.54) is 24.3 Å². The first kappa shape index (κ1) is 23.8. The first-order valence-electron chi connectivity index (χ1n) is 10.6. The van der Waals surface area contributed by atoms with Crippen LogP contribution in [0.15, 0.2) is 66.2 Å². The molecule has 176 valence electrons. The number of benzene rings is 3. The van der Waals surface area contributed by atoms with Crippen molar-refractivity contribution in [3.05, 3.63) is 109 Å². The highest BCUT2D eigenvalue weighted by Crippen LogP contribution is 2.27. The summed E-state index contributed by atoms with van der Waals surface area (Å²) < 4.78 is 0. The van der Waals surface area contributed by atoms with Crippen LogP contribution in [0.4, 0.5) is 16.2 Å². The molecule has 0 aromatic heterocycles. The van der Waals surface area contributed by atoms with Crippen LogP contribution in [0.25, 0.3) is 6.08 Å². The topological polar surface area (TPSA) is 110 Å². The minimum absolute atomic E-state index is 0.0260. The molecule has 35 heavy (non-hydrogen) atoms. The molecule has 0 bridgehead atoms. The van der Waals surface area contributed by atoms with E-state index in [1.54, 1.807) is 12.1 Å². The fourth-order valence-corrected chi connectivity index (χ4v) is 4.25. The van der Waals surface area contributed by atoms with Gasteiger partial charge in [-0.05, 0) is 55.2 Å². The maximum Gasteiger partial charge on any atom is 0.335 e. The zero-order valence-corrected chi connectivity index (χ0v) is 19.6. The van der Waals surface area contributed by atoms with Crippen LogP contribution >= 0.6 is 11.6 Å². The summed E-state index contributed by atoms with van der Waals surface area (Å²) in [6, 6.07) is 15.5. The summed E-state index contributed by atoms with van der Waals surface area (Å²) in [5.41, 5.74) is 4.18. The summed E-state index contributed by atoms with van der Waals surface area (Å²) in [5.74, 6) is -1.76. The molecule has 3 aromatic rings. The number of urea groups is 1. The SMILES string of the molecule is Cc1cc(C)cc(Cc2ccc(/C=C3\C(=O)NC(=O)N(c4cccc([N+](=O)[O-])c4)C3=O)cc2Cl)c1. The number of halogens is 1. The number of nitrogens with zero attached hydrogens (tertiary/aromatic N) is 2. The standard InChI is InChI=1S/C26H20ClN3O5/c1-15-8-16(2)10-18(9-15)11-19-7-6-17(13-23(19)27)12-22-24(31)28-26(33)29(25(22)32)20-4-3-5-21(14-20)30(34)35/h3-10,12-14H,11H2,1-2H3,(H,28,31,33)/b22-12+. The molecule has 1 fully saturated rings. The number of carbonyl (C=O) groups excluding carboxylic acids is 3. The number of rotatable bonds is 5. The molecule has 1 saturated heterocycles. The summed E-state index contributed by atoms with van der Waals surface area (Å²) in [5, 5.41) is 13.7. The van der Waals surface area contributed by atoms with Crippen molar-refractivity contribution in [2.45, 2.75) is 20.3 Å². The van der Waals surface area contributed by atoms with E-state index in [9.17, 15) is 24.5 Å². The molecule has 1 aliphatic rings. The number of hydrogen-bond acceptors (Lipinski definition) is 5. The third kappa shape index (κ3) is 5.12. The Hall–Kier alpha value is -4.30. The third-order valence-corrected chi connectivity index (χ3v) is 5.82. The molecule has 1 N–H and O–H groups in total. The zero-order valence-electron chi connectivity index (χ0n) is 18.9. The number of hydrogen-bond donors (Lipinski definition) is 1. The van der Waals surface area contributed by atoms with E-state index in [0.29, 0.717) is 21.9 Å². The summed E-state index contributed by atoms with van der Waals surface area (Å²) in [4.78, 5) is 49.0. The number of imide groups is 2. The predicted octanol–water partition coefficient (Wildman–Crippen LogP) is 5.12. The fourth-order valence-electron chi connectivity index (χ4n) is 3.99. The minimum Gasteiger partial charge on any atom is -0.273 e. The van der Waals surface area contributed by atoms with Crippen LogP contribution < -0.4 is 10.2 Å². The number of barbiturate groups is 1. The maximum atomic E-state index is 13.1. The molecule has 0 unspecified atom stereocenters. The van der Waals surface area contributed by atoms with Gasteiger partial charge in [0.05, 0.1) is 10.6 Å². The van der Waals surface area contributed by atoms with Crippen LogP contribution in [0.1, 0.15) is 27.8 Å². The number of anilines is 1. The Morgan fingerprint density at radius 2 is 1.71 bits per heavy atom. The van der Waals surface area contributed by atoms with Crippen molar-refractivity contribution in [2.75, 3.05) is 4.90 Å². The molecule has 0 aliphatic carbocycles. The first-order chi connectivity index (χ1) is 16.6. The molecule has 0 radical (unpaired) electrons. The van der Waals surface area contributed by atoms with Crippen LogP contribution in [0, 0.1) is 24.0 Å². The number of nitro benzene ring substituents is 1. The van der Waals surface area contributed by atoms with Crippen molar-refractivity contribution < 1.29 is 19.3 Å². The van der Waals surface area contributed by atoms with Crippen molar-refractivity contribution in [3.63, 3.8) is 0 Å². The van der Waals surface area contributed by atoms with Gasteiger partial charge in [0.2, 0.25) is 0 Å². The van der Waals surface area contributed by atoms with Crippen molar-refractivity contribution in [1.29, 1.82) is 0 Å². The van der Waals surface area contributed by atoms with Crippen molar-refractivity contribution in [1.82, 2.24) is 5.32 Å². The number of carbonyl (C=O) groups is 3. The van der Waals surface area contributed by atoms with E-state index in [2.05, 4.69) is 23.5 Å². The molecule has 8 nitrogen and oxygen atoms in total. The Bertz CT molecular complexity index is 1410. The molecule has 0 saturated carbocycles. The lowest BCUT2D eigenvalue weighted by Gasteiger charge is -2.26. The van der Waals surface area contributed by atoms with Crippen LogP contribution in [0.2, 0.25) is 5.02 Å². The molecule has 1 heterocycles. The molecular formula is C26H20ClN3O5. The van der Waals surface area contributed by atoms with E-state index in [-0.39, 0.29) is 16.9 Å². The average molecular weight is 490 g/mol. The predicted molar refractivity (Wildman–Crippen MR) is 132 cm³/mol. The van der Waals surface area contributed by atoms with Crippen molar-refractivity contribution in [2.24, 2.45) is 0 Å². The number of non-ortho nitro benzene ring substituents is 1. The van der Waals surface area contributed by atoms with Crippen LogP contribution in [-0.4, -0.2) is 22.8 Å². The van der Waals surface area contributed by atoms with Crippen LogP contribution in [-0.2, 0) is 16.0 Å². The molecule has 0 atom stereocenters. The molecule has 4 amide bonds. The second-order valence-corrected chi connectivity index (χ2v) is 8.67. The second-order valence-electron chi connectivity index (χ2n) is 8.26. The third-order valence-electron chi connectivity index (χ3n) is 5.46. The summed E-state index contributed by atoms with van der Waals surface area (Å²) in [6.45, 7) is 4.06. The Morgan fingerprint density at radius 1 is 1.00 bits per heavy atom. The van der Waals surface area contributed by atoms with Gasteiger partial charge >= 0.3 is 6.03 Å². The fraction of sp³-hybridized carbons (Fsp3) is 0.115. The lowest BCUT2D eigenvalue weighted by molar-refractivity contribution is -0.384. The van der Waals surface area contributed by atoms with E-state index in [4.69, 9.17) is 11.6 Å². The Labute approximate surface area is 206 Å².